The molecule has 0 aliphatic carbocycles. The average molecular weight is 314 g/mol. The van der Waals surface area contributed by atoms with Crippen molar-refractivity contribution in [2.75, 3.05) is 6.61 Å². The van der Waals surface area contributed by atoms with Gasteiger partial charge in [-0.05, 0) is 5.56 Å². The topological polar surface area (TPSA) is 76.7 Å². The molecule has 1 heterocycles. The second-order valence-electron chi connectivity index (χ2n) is 4.81. The van der Waals surface area contributed by atoms with Crippen molar-refractivity contribution in [3.8, 4) is 16.9 Å². The predicted octanol–water partition coefficient (Wildman–Crippen LogP) is 3.06. The quantitative estimate of drug-likeness (QED) is 0.801. The van der Waals surface area contributed by atoms with Gasteiger partial charge in [-0.2, -0.15) is 0 Å². The van der Waals surface area contributed by atoms with Gasteiger partial charge in [0.05, 0.1) is 5.56 Å². The average Bonchev–Trinajstić information content (AvgIpc) is 2.53. The normalized spacial score (nSPS) is 10.7. The second kappa shape index (κ2) is 5.92. The fourth-order valence-electron chi connectivity index (χ4n) is 2.23. The van der Waals surface area contributed by atoms with E-state index >= 15 is 0 Å². The van der Waals surface area contributed by atoms with Crippen LogP contribution < -0.4 is 10.2 Å². The molecule has 2 aromatic carbocycles. The summed E-state index contributed by atoms with van der Waals surface area (Å²) >= 11 is 0. The molecule has 0 aliphatic heterocycles. The Labute approximate surface area is 129 Å². The van der Waals surface area contributed by atoms with E-state index in [2.05, 4.69) is 0 Å². The Morgan fingerprint density at radius 1 is 1.22 bits per heavy atom. The monoisotopic (exact) mass is 314 g/mol. The minimum absolute atomic E-state index is 0.00456. The number of halogens is 1. The van der Waals surface area contributed by atoms with Crippen LogP contribution in [0, 0.1) is 5.82 Å². The van der Waals surface area contributed by atoms with E-state index in [1.54, 1.807) is 30.3 Å². The van der Waals surface area contributed by atoms with E-state index < -0.39 is 23.8 Å². The fourth-order valence-corrected chi connectivity index (χ4v) is 2.23. The Kier molecular flexibility index (Phi) is 3.80. The van der Waals surface area contributed by atoms with E-state index in [-0.39, 0.29) is 22.3 Å². The van der Waals surface area contributed by atoms with E-state index in [9.17, 15) is 14.0 Å². The summed E-state index contributed by atoms with van der Waals surface area (Å²) in [6.45, 7) is -0.614. The molecule has 116 valence electrons. The van der Waals surface area contributed by atoms with Crippen molar-refractivity contribution >= 4 is 16.9 Å². The van der Waals surface area contributed by atoms with Crippen LogP contribution in [0.3, 0.4) is 0 Å². The number of carboxylic acids is 1. The van der Waals surface area contributed by atoms with Crippen LogP contribution in [0.15, 0.2) is 57.9 Å². The number of aliphatic carboxylic acids is 1. The lowest BCUT2D eigenvalue weighted by Gasteiger charge is -2.07. The predicted molar refractivity (Wildman–Crippen MR) is 81.0 cm³/mol. The lowest BCUT2D eigenvalue weighted by Crippen LogP contribution is -2.10. The highest BCUT2D eigenvalue weighted by molar-refractivity contribution is 5.83. The van der Waals surface area contributed by atoms with Gasteiger partial charge >= 0.3 is 5.97 Å². The summed E-state index contributed by atoms with van der Waals surface area (Å²) in [4.78, 5) is 23.0. The number of fused-ring (bicyclic) bond motifs is 1. The highest BCUT2D eigenvalue weighted by Gasteiger charge is 2.15. The molecule has 0 amide bonds. The Morgan fingerprint density at radius 3 is 2.65 bits per heavy atom. The number of hydrogen-bond acceptors (Lipinski definition) is 4. The van der Waals surface area contributed by atoms with Crippen LogP contribution in [-0.2, 0) is 4.79 Å². The molecule has 0 saturated heterocycles. The molecule has 0 radical (unpaired) electrons. The molecule has 0 saturated carbocycles. The van der Waals surface area contributed by atoms with E-state index in [0.717, 1.165) is 6.07 Å². The second-order valence-corrected chi connectivity index (χ2v) is 4.81. The third-order valence-corrected chi connectivity index (χ3v) is 3.25. The molecule has 3 aromatic rings. The first-order valence-corrected chi connectivity index (χ1v) is 6.71. The van der Waals surface area contributed by atoms with E-state index in [1.807, 2.05) is 0 Å². The maximum Gasteiger partial charge on any atom is 0.341 e. The van der Waals surface area contributed by atoms with Crippen molar-refractivity contribution in [1.29, 1.82) is 0 Å². The lowest BCUT2D eigenvalue weighted by atomic mass is 10.1. The Bertz CT molecular complexity index is 931. The molecule has 0 unspecified atom stereocenters. The van der Waals surface area contributed by atoms with Gasteiger partial charge in [-0.15, -0.1) is 0 Å². The van der Waals surface area contributed by atoms with Gasteiger partial charge in [-0.1, -0.05) is 30.3 Å². The molecule has 1 N–H and O–H groups in total. The number of carbonyl (C=O) groups is 1. The number of carboxylic acid groups (broad SMARTS) is 1. The van der Waals surface area contributed by atoms with Crippen LogP contribution in [0.5, 0.6) is 5.75 Å². The molecular weight excluding hydrogens is 303 g/mol. The van der Waals surface area contributed by atoms with Crippen molar-refractivity contribution < 1.29 is 23.4 Å². The maximum atomic E-state index is 14.2. The van der Waals surface area contributed by atoms with Crippen molar-refractivity contribution in [3.05, 3.63) is 64.8 Å². The van der Waals surface area contributed by atoms with Crippen LogP contribution in [-0.4, -0.2) is 17.7 Å². The third kappa shape index (κ3) is 2.91. The highest BCUT2D eigenvalue weighted by Crippen LogP contribution is 2.25. The summed E-state index contributed by atoms with van der Waals surface area (Å²) < 4.78 is 24.5. The largest absolute Gasteiger partial charge is 0.482 e. The SMILES string of the molecule is O=C(O)COc1cc(F)c2c(=O)c(-c3ccccc3)coc2c1. The number of benzene rings is 2. The van der Waals surface area contributed by atoms with Crippen LogP contribution >= 0.6 is 0 Å². The summed E-state index contributed by atoms with van der Waals surface area (Å²) in [5.41, 5.74) is 0.361. The lowest BCUT2D eigenvalue weighted by molar-refractivity contribution is -0.139. The van der Waals surface area contributed by atoms with Gasteiger partial charge in [0.2, 0.25) is 5.43 Å². The smallest absolute Gasteiger partial charge is 0.341 e. The fraction of sp³-hybridized carbons (Fsp3) is 0.0588. The van der Waals surface area contributed by atoms with Gasteiger partial charge in [0.25, 0.3) is 0 Å². The summed E-state index contributed by atoms with van der Waals surface area (Å²) in [5, 5.41) is 8.37. The number of hydrogen-bond donors (Lipinski definition) is 1. The van der Waals surface area contributed by atoms with Crippen LogP contribution in [0.4, 0.5) is 4.39 Å². The van der Waals surface area contributed by atoms with Crippen molar-refractivity contribution in [3.63, 3.8) is 0 Å². The summed E-state index contributed by atoms with van der Waals surface area (Å²) in [5.74, 6) is -2.03. The Balaban J connectivity index is 2.12. The molecule has 0 bridgehead atoms. The summed E-state index contributed by atoms with van der Waals surface area (Å²) in [6, 6.07) is 11.0. The molecule has 0 fully saturated rings. The number of ether oxygens (including phenoxy) is 1. The van der Waals surface area contributed by atoms with E-state index in [4.69, 9.17) is 14.3 Å². The maximum absolute atomic E-state index is 14.2. The van der Waals surface area contributed by atoms with E-state index in [0.29, 0.717) is 5.56 Å². The van der Waals surface area contributed by atoms with Crippen LogP contribution in [0.25, 0.3) is 22.1 Å². The molecule has 0 atom stereocenters. The first kappa shape index (κ1) is 14.8. The molecule has 0 aliphatic rings. The molecular formula is C17H11FO5. The van der Waals surface area contributed by atoms with E-state index in [1.165, 1.54) is 12.3 Å². The van der Waals surface area contributed by atoms with Gasteiger partial charge in [-0.25, -0.2) is 9.18 Å². The zero-order valence-corrected chi connectivity index (χ0v) is 11.8. The highest BCUT2D eigenvalue weighted by atomic mass is 19.1. The third-order valence-electron chi connectivity index (χ3n) is 3.25. The zero-order chi connectivity index (χ0) is 16.4. The van der Waals surface area contributed by atoms with Crippen LogP contribution in [0.1, 0.15) is 0 Å². The van der Waals surface area contributed by atoms with Gasteiger partial charge in [0.15, 0.2) is 6.61 Å². The van der Waals surface area contributed by atoms with Gasteiger partial charge in [-0.3, -0.25) is 4.79 Å². The van der Waals surface area contributed by atoms with Gasteiger partial charge < -0.3 is 14.3 Å². The van der Waals surface area contributed by atoms with Crippen molar-refractivity contribution in [1.82, 2.24) is 0 Å². The standard InChI is InChI=1S/C17H11FO5/c18-13-6-11(22-9-15(19)20)7-14-16(13)17(21)12(8-23-14)10-4-2-1-3-5-10/h1-8H,9H2,(H,19,20). The van der Waals surface area contributed by atoms with Crippen molar-refractivity contribution in [2.24, 2.45) is 0 Å². The minimum Gasteiger partial charge on any atom is -0.482 e. The molecule has 6 heteroatoms. The molecule has 23 heavy (non-hydrogen) atoms. The summed E-state index contributed by atoms with van der Waals surface area (Å²) in [7, 11) is 0. The molecule has 0 spiro atoms. The first-order chi connectivity index (χ1) is 11.1. The molecule has 3 rings (SSSR count). The number of rotatable bonds is 4. The molecule has 1 aromatic heterocycles. The summed E-state index contributed by atoms with van der Waals surface area (Å²) in [6.07, 6.45) is 1.25. The zero-order valence-electron chi connectivity index (χ0n) is 11.8. The minimum atomic E-state index is -1.19. The van der Waals surface area contributed by atoms with Crippen molar-refractivity contribution in [2.45, 2.75) is 0 Å². The Morgan fingerprint density at radius 2 is 1.96 bits per heavy atom. The Hall–Kier alpha value is -3.15. The molecule has 5 nitrogen and oxygen atoms in total. The van der Waals surface area contributed by atoms with Gasteiger partial charge in [0, 0.05) is 12.1 Å². The first-order valence-electron chi connectivity index (χ1n) is 6.71. The van der Waals surface area contributed by atoms with Gasteiger partial charge in [0.1, 0.15) is 28.8 Å². The van der Waals surface area contributed by atoms with Crippen LogP contribution in [0.2, 0.25) is 0 Å².